The Kier molecular flexibility index (Phi) is 6.50. The van der Waals surface area contributed by atoms with E-state index in [0.29, 0.717) is 12.0 Å². The molecule has 0 aliphatic carbocycles. The Morgan fingerprint density at radius 1 is 1.20 bits per heavy atom. The molecule has 0 radical (unpaired) electrons. The Morgan fingerprint density at radius 3 is 2.40 bits per heavy atom. The minimum Gasteiger partial charge on any atom is -0.422 e. The summed E-state index contributed by atoms with van der Waals surface area (Å²) in [5.74, 6) is -1.05. The van der Waals surface area contributed by atoms with Crippen LogP contribution in [0.3, 0.4) is 0 Å². The molecule has 0 fully saturated rings. The maximum Gasteiger partial charge on any atom is 0.341 e. The van der Waals surface area contributed by atoms with E-state index in [1.54, 1.807) is 31.2 Å². The van der Waals surface area contributed by atoms with E-state index in [2.05, 4.69) is 6.58 Å². The number of rotatable bonds is 7. The minimum atomic E-state index is -0.869. The number of unbranched alkanes of at least 4 members (excludes halogenated alkanes) is 1. The highest BCUT2D eigenvalue weighted by molar-refractivity contribution is 5.90. The van der Waals surface area contributed by atoms with Crippen LogP contribution in [0.5, 0.6) is 0 Å². The third kappa shape index (κ3) is 5.26. The van der Waals surface area contributed by atoms with E-state index in [0.717, 1.165) is 12.8 Å². The zero-order chi connectivity index (χ0) is 15.0. The summed E-state index contributed by atoms with van der Waals surface area (Å²) in [5.41, 5.74) is 0.711. The van der Waals surface area contributed by atoms with Crippen molar-refractivity contribution in [1.29, 1.82) is 0 Å². The van der Waals surface area contributed by atoms with Crippen molar-refractivity contribution in [1.82, 2.24) is 0 Å². The van der Waals surface area contributed by atoms with Gasteiger partial charge in [0, 0.05) is 12.0 Å². The van der Waals surface area contributed by atoms with Gasteiger partial charge in [0.15, 0.2) is 0 Å². The largest absolute Gasteiger partial charge is 0.422 e. The number of carbonyl (C=O) groups excluding carboxylic acids is 2. The van der Waals surface area contributed by atoms with Crippen molar-refractivity contribution >= 4 is 11.9 Å². The van der Waals surface area contributed by atoms with Gasteiger partial charge in [-0.25, -0.2) is 9.59 Å². The van der Waals surface area contributed by atoms with Gasteiger partial charge < -0.3 is 9.47 Å². The molecule has 4 nitrogen and oxygen atoms in total. The van der Waals surface area contributed by atoms with Gasteiger partial charge in [-0.15, -0.1) is 0 Å². The van der Waals surface area contributed by atoms with Gasteiger partial charge in [0.1, 0.15) is 0 Å². The molecule has 0 bridgehead atoms. The van der Waals surface area contributed by atoms with Gasteiger partial charge in [0.25, 0.3) is 0 Å². The maximum atomic E-state index is 11.9. The van der Waals surface area contributed by atoms with Gasteiger partial charge in [-0.05, 0) is 25.5 Å². The van der Waals surface area contributed by atoms with Crippen LogP contribution < -0.4 is 0 Å². The molecule has 0 heterocycles. The normalized spacial score (nSPS) is 11.5. The summed E-state index contributed by atoms with van der Waals surface area (Å²) in [7, 11) is 0. The summed E-state index contributed by atoms with van der Waals surface area (Å²) in [5, 5.41) is 0. The summed E-state index contributed by atoms with van der Waals surface area (Å²) >= 11 is 0. The highest BCUT2D eigenvalue weighted by atomic mass is 16.7. The molecule has 0 saturated heterocycles. The van der Waals surface area contributed by atoms with E-state index in [4.69, 9.17) is 9.47 Å². The number of ether oxygens (including phenoxy) is 2. The van der Waals surface area contributed by atoms with Crippen LogP contribution in [-0.2, 0) is 14.3 Å². The lowest BCUT2D eigenvalue weighted by molar-refractivity contribution is -0.164. The molecule has 1 unspecified atom stereocenters. The van der Waals surface area contributed by atoms with Crippen LogP contribution in [0.2, 0.25) is 0 Å². The second-order valence-corrected chi connectivity index (χ2v) is 4.53. The van der Waals surface area contributed by atoms with Crippen molar-refractivity contribution in [2.45, 2.75) is 39.4 Å². The number of hydrogen-bond acceptors (Lipinski definition) is 4. The van der Waals surface area contributed by atoms with Crippen molar-refractivity contribution in [3.8, 4) is 0 Å². The van der Waals surface area contributed by atoms with Crippen molar-refractivity contribution in [2.24, 2.45) is 0 Å². The predicted octanol–water partition coefficient (Wildman–Crippen LogP) is 3.48. The van der Waals surface area contributed by atoms with Crippen molar-refractivity contribution < 1.29 is 19.1 Å². The monoisotopic (exact) mass is 276 g/mol. The van der Waals surface area contributed by atoms with Gasteiger partial charge in [0.05, 0.1) is 5.56 Å². The molecule has 0 aliphatic rings. The van der Waals surface area contributed by atoms with Crippen molar-refractivity contribution in [2.75, 3.05) is 0 Å². The zero-order valence-electron chi connectivity index (χ0n) is 11.9. The molecule has 1 rings (SSSR count). The van der Waals surface area contributed by atoms with Crippen LogP contribution in [0.25, 0.3) is 0 Å². The molecule has 1 aromatic carbocycles. The van der Waals surface area contributed by atoms with Gasteiger partial charge >= 0.3 is 11.9 Å². The predicted molar refractivity (Wildman–Crippen MR) is 76.1 cm³/mol. The topological polar surface area (TPSA) is 52.6 Å². The molecule has 1 aromatic rings. The molecule has 1 atom stereocenters. The van der Waals surface area contributed by atoms with E-state index < -0.39 is 18.2 Å². The first kappa shape index (κ1) is 16.0. The lowest BCUT2D eigenvalue weighted by atomic mass is 10.2. The molecule has 0 N–H and O–H groups in total. The first-order valence-electron chi connectivity index (χ1n) is 6.67. The standard InChI is InChI=1S/C16H20O4/c1-4-5-11-14(19-15(17)12(2)3)20-16(18)13-9-7-6-8-10-13/h6-10,14H,2,4-5,11H2,1,3H3. The molecule has 108 valence electrons. The third-order valence-corrected chi connectivity index (χ3v) is 2.63. The first-order valence-corrected chi connectivity index (χ1v) is 6.67. The average molecular weight is 276 g/mol. The van der Waals surface area contributed by atoms with E-state index in [1.165, 1.54) is 0 Å². The number of esters is 2. The summed E-state index contributed by atoms with van der Waals surface area (Å²) in [4.78, 5) is 23.5. The zero-order valence-corrected chi connectivity index (χ0v) is 11.9. The molecule has 20 heavy (non-hydrogen) atoms. The SMILES string of the molecule is C=C(C)C(=O)OC(CCCC)OC(=O)c1ccccc1. The van der Waals surface area contributed by atoms with Gasteiger partial charge in [-0.1, -0.05) is 38.1 Å². The first-order chi connectivity index (χ1) is 9.54. The Bertz CT molecular complexity index is 465. The fraction of sp³-hybridized carbons (Fsp3) is 0.375. The highest BCUT2D eigenvalue weighted by Crippen LogP contribution is 2.12. The molecule has 0 saturated carbocycles. The van der Waals surface area contributed by atoms with Gasteiger partial charge in [0.2, 0.25) is 6.29 Å². The second kappa shape index (κ2) is 8.15. The molecule has 0 aromatic heterocycles. The van der Waals surface area contributed by atoms with E-state index in [-0.39, 0.29) is 5.57 Å². The summed E-state index contributed by atoms with van der Waals surface area (Å²) in [6.07, 6.45) is 1.33. The van der Waals surface area contributed by atoms with Crippen LogP contribution in [-0.4, -0.2) is 18.2 Å². The van der Waals surface area contributed by atoms with Crippen LogP contribution in [0.4, 0.5) is 0 Å². The van der Waals surface area contributed by atoms with E-state index in [1.807, 2.05) is 13.0 Å². The average Bonchev–Trinajstić information content (AvgIpc) is 2.45. The molecular weight excluding hydrogens is 256 g/mol. The molecule has 4 heteroatoms. The van der Waals surface area contributed by atoms with E-state index in [9.17, 15) is 9.59 Å². The maximum absolute atomic E-state index is 11.9. The van der Waals surface area contributed by atoms with Crippen LogP contribution in [0, 0.1) is 0 Å². The molecule has 0 aliphatic heterocycles. The lowest BCUT2D eigenvalue weighted by Crippen LogP contribution is -2.25. The van der Waals surface area contributed by atoms with Crippen LogP contribution in [0.1, 0.15) is 43.5 Å². The quantitative estimate of drug-likeness (QED) is 0.434. The van der Waals surface area contributed by atoms with Gasteiger partial charge in [-0.3, -0.25) is 0 Å². The molecule has 0 amide bonds. The summed E-state index contributed by atoms with van der Waals surface area (Å²) < 4.78 is 10.4. The molecular formula is C16H20O4. The number of carbonyl (C=O) groups is 2. The second-order valence-electron chi connectivity index (χ2n) is 4.53. The number of benzene rings is 1. The summed E-state index contributed by atoms with van der Waals surface area (Å²) in [6.45, 7) is 7.08. The lowest BCUT2D eigenvalue weighted by Gasteiger charge is -2.18. The Balaban J connectivity index is 2.66. The van der Waals surface area contributed by atoms with Crippen LogP contribution in [0.15, 0.2) is 42.5 Å². The minimum absolute atomic E-state index is 0.280. The van der Waals surface area contributed by atoms with Crippen LogP contribution >= 0.6 is 0 Å². The Morgan fingerprint density at radius 2 is 1.85 bits per heavy atom. The highest BCUT2D eigenvalue weighted by Gasteiger charge is 2.19. The summed E-state index contributed by atoms with van der Waals surface area (Å²) in [6, 6.07) is 8.61. The Labute approximate surface area is 119 Å². The fourth-order valence-corrected chi connectivity index (χ4v) is 1.49. The third-order valence-electron chi connectivity index (χ3n) is 2.63. The fourth-order valence-electron chi connectivity index (χ4n) is 1.49. The number of hydrogen-bond donors (Lipinski definition) is 0. The van der Waals surface area contributed by atoms with Crippen molar-refractivity contribution in [3.05, 3.63) is 48.0 Å². The van der Waals surface area contributed by atoms with E-state index >= 15 is 0 Å². The van der Waals surface area contributed by atoms with Crippen molar-refractivity contribution in [3.63, 3.8) is 0 Å². The Hall–Kier alpha value is -2.10. The van der Waals surface area contributed by atoms with Gasteiger partial charge in [-0.2, -0.15) is 0 Å². The molecule has 0 spiro atoms. The smallest absolute Gasteiger partial charge is 0.341 e.